The number of para-hydroxylation sites is 2. The van der Waals surface area contributed by atoms with Gasteiger partial charge in [0, 0.05) is 13.1 Å². The van der Waals surface area contributed by atoms with Crippen LogP contribution in [0.4, 0.5) is 5.69 Å². The van der Waals surface area contributed by atoms with Crippen LogP contribution in [0.3, 0.4) is 0 Å². The Balaban J connectivity index is 2.49. The van der Waals surface area contributed by atoms with Gasteiger partial charge in [-0.3, -0.25) is 13.9 Å². The van der Waals surface area contributed by atoms with Gasteiger partial charge in [-0.2, -0.15) is 0 Å². The van der Waals surface area contributed by atoms with Crippen molar-refractivity contribution in [2.75, 3.05) is 30.3 Å². The molecule has 0 aliphatic carbocycles. The van der Waals surface area contributed by atoms with Gasteiger partial charge in [0.2, 0.25) is 21.8 Å². The van der Waals surface area contributed by atoms with Crippen LogP contribution in [0.1, 0.15) is 39.2 Å². The highest BCUT2D eigenvalue weighted by atomic mass is 35.5. The largest absolute Gasteiger partial charge is 0.492 e. The van der Waals surface area contributed by atoms with Gasteiger partial charge in [0.15, 0.2) is 0 Å². The van der Waals surface area contributed by atoms with Gasteiger partial charge < -0.3 is 15.0 Å². The molecule has 0 radical (unpaired) electrons. The fourth-order valence-corrected chi connectivity index (χ4v) is 4.83. The molecule has 0 bridgehead atoms. The van der Waals surface area contributed by atoms with Gasteiger partial charge >= 0.3 is 0 Å². The monoisotopic (exact) mass is 557 g/mol. The summed E-state index contributed by atoms with van der Waals surface area (Å²) in [6, 6.07) is 10.7. The van der Waals surface area contributed by atoms with Crippen LogP contribution >= 0.6 is 23.2 Å². The van der Waals surface area contributed by atoms with Crippen molar-refractivity contribution in [1.82, 2.24) is 10.2 Å². The minimum atomic E-state index is -3.87. The average molecular weight is 559 g/mol. The van der Waals surface area contributed by atoms with Crippen LogP contribution in [0, 0.1) is 0 Å². The normalized spacial score (nSPS) is 12.1. The fourth-order valence-electron chi connectivity index (χ4n) is 3.66. The molecule has 36 heavy (non-hydrogen) atoms. The number of hydrogen-bond acceptors (Lipinski definition) is 5. The lowest BCUT2D eigenvalue weighted by Crippen LogP contribution is -2.52. The molecule has 0 unspecified atom stereocenters. The number of nitrogens with one attached hydrogen (secondary N) is 1. The number of hydrogen-bond donors (Lipinski definition) is 1. The average Bonchev–Trinajstić information content (AvgIpc) is 2.83. The highest BCUT2D eigenvalue weighted by Crippen LogP contribution is 2.30. The van der Waals surface area contributed by atoms with Crippen molar-refractivity contribution in [3.8, 4) is 5.75 Å². The number of anilines is 1. The summed E-state index contributed by atoms with van der Waals surface area (Å²) in [6.07, 6.45) is 2.09. The van der Waals surface area contributed by atoms with Crippen LogP contribution in [0.2, 0.25) is 10.0 Å². The predicted octanol–water partition coefficient (Wildman–Crippen LogP) is 4.49. The molecule has 11 heteroatoms. The lowest BCUT2D eigenvalue weighted by Gasteiger charge is -2.33. The number of sulfonamides is 1. The third kappa shape index (κ3) is 8.01. The Labute approximate surface area is 223 Å². The summed E-state index contributed by atoms with van der Waals surface area (Å²) in [5.74, 6) is -0.522. The van der Waals surface area contributed by atoms with Gasteiger partial charge in [-0.1, -0.05) is 55.2 Å². The maximum atomic E-state index is 13.7. The van der Waals surface area contributed by atoms with Crippen molar-refractivity contribution >= 4 is 50.7 Å². The second-order valence-electron chi connectivity index (χ2n) is 8.16. The Morgan fingerprint density at radius 3 is 2.33 bits per heavy atom. The topological polar surface area (TPSA) is 96.0 Å². The number of halogens is 2. The smallest absolute Gasteiger partial charge is 0.244 e. The molecule has 2 amide bonds. The minimum absolute atomic E-state index is 0.0402. The van der Waals surface area contributed by atoms with Gasteiger partial charge in [-0.05, 0) is 49.6 Å². The molecule has 0 spiro atoms. The molecule has 0 aromatic heterocycles. The van der Waals surface area contributed by atoms with E-state index in [1.54, 1.807) is 56.3 Å². The molecular formula is C25H33Cl2N3O5S. The van der Waals surface area contributed by atoms with Crippen molar-refractivity contribution in [3.05, 3.63) is 58.1 Å². The van der Waals surface area contributed by atoms with E-state index < -0.39 is 28.5 Å². The number of benzene rings is 2. The first-order chi connectivity index (χ1) is 17.0. The summed E-state index contributed by atoms with van der Waals surface area (Å²) in [6.45, 7) is 5.82. The van der Waals surface area contributed by atoms with Crippen LogP contribution in [0.25, 0.3) is 0 Å². The third-order valence-electron chi connectivity index (χ3n) is 5.39. The molecule has 0 saturated carbocycles. The maximum Gasteiger partial charge on any atom is 0.244 e. The van der Waals surface area contributed by atoms with Crippen molar-refractivity contribution in [2.45, 2.75) is 46.2 Å². The zero-order valence-electron chi connectivity index (χ0n) is 21.0. The zero-order chi connectivity index (χ0) is 26.9. The Hall–Kier alpha value is -2.49. The molecule has 198 valence electrons. The van der Waals surface area contributed by atoms with E-state index in [4.69, 9.17) is 27.9 Å². The first-order valence-electron chi connectivity index (χ1n) is 11.7. The molecule has 8 nitrogen and oxygen atoms in total. The summed E-state index contributed by atoms with van der Waals surface area (Å²) in [4.78, 5) is 28.1. The molecule has 0 aliphatic rings. The number of carbonyl (C=O) groups is 2. The molecular weight excluding hydrogens is 525 g/mol. The Morgan fingerprint density at radius 2 is 1.75 bits per heavy atom. The molecule has 0 heterocycles. The van der Waals surface area contributed by atoms with E-state index in [2.05, 4.69) is 5.32 Å². The van der Waals surface area contributed by atoms with Crippen molar-refractivity contribution in [3.63, 3.8) is 0 Å². The van der Waals surface area contributed by atoms with Gasteiger partial charge in [-0.15, -0.1) is 0 Å². The second-order valence-corrected chi connectivity index (χ2v) is 10.9. The molecule has 0 saturated heterocycles. The van der Waals surface area contributed by atoms with E-state index in [0.717, 1.165) is 17.0 Å². The number of rotatable bonds is 13. The summed E-state index contributed by atoms with van der Waals surface area (Å²) in [5, 5.41) is 3.51. The second kappa shape index (κ2) is 13.7. The number of amides is 2. The van der Waals surface area contributed by atoms with Gasteiger partial charge in [0.1, 0.15) is 18.3 Å². The lowest BCUT2D eigenvalue weighted by molar-refractivity contribution is -0.140. The molecule has 0 fully saturated rings. The predicted molar refractivity (Wildman–Crippen MR) is 144 cm³/mol. The van der Waals surface area contributed by atoms with Crippen molar-refractivity contribution in [2.24, 2.45) is 0 Å². The fraction of sp³-hybridized carbons (Fsp3) is 0.440. The summed E-state index contributed by atoms with van der Waals surface area (Å²) in [7, 11) is -3.87. The Kier molecular flexibility index (Phi) is 11.3. The minimum Gasteiger partial charge on any atom is -0.492 e. The van der Waals surface area contributed by atoms with Gasteiger partial charge in [0.25, 0.3) is 0 Å². The first-order valence-corrected chi connectivity index (χ1v) is 14.3. The van der Waals surface area contributed by atoms with E-state index in [1.165, 1.54) is 4.90 Å². The SMILES string of the molecule is CCCNC(=O)[C@H](CC)N(Cc1ccc(Cl)c(Cl)c1)C(=O)CN(c1ccccc1OCC)S(C)(=O)=O. The third-order valence-corrected chi connectivity index (χ3v) is 7.25. The van der Waals surface area contributed by atoms with E-state index in [0.29, 0.717) is 40.9 Å². The quantitative estimate of drug-likeness (QED) is 0.391. The van der Waals surface area contributed by atoms with Crippen LogP contribution in [-0.2, 0) is 26.2 Å². The highest BCUT2D eigenvalue weighted by molar-refractivity contribution is 7.92. The molecule has 1 N–H and O–H groups in total. The summed E-state index contributed by atoms with van der Waals surface area (Å²) in [5.41, 5.74) is 0.897. The molecule has 0 aliphatic heterocycles. The van der Waals surface area contributed by atoms with E-state index in [9.17, 15) is 18.0 Å². The van der Waals surface area contributed by atoms with Crippen LogP contribution < -0.4 is 14.4 Å². The number of nitrogens with zero attached hydrogens (tertiary/aromatic N) is 2. The molecule has 1 atom stereocenters. The van der Waals surface area contributed by atoms with Crippen molar-refractivity contribution < 1.29 is 22.7 Å². The van der Waals surface area contributed by atoms with E-state index in [1.807, 2.05) is 6.92 Å². The summed E-state index contributed by atoms with van der Waals surface area (Å²) >= 11 is 12.2. The van der Waals surface area contributed by atoms with E-state index in [-0.39, 0.29) is 18.1 Å². The maximum absolute atomic E-state index is 13.7. The van der Waals surface area contributed by atoms with Crippen LogP contribution in [0.5, 0.6) is 5.75 Å². The number of carbonyl (C=O) groups excluding carboxylic acids is 2. The van der Waals surface area contributed by atoms with Crippen molar-refractivity contribution in [1.29, 1.82) is 0 Å². The Bertz CT molecular complexity index is 1160. The molecule has 2 aromatic carbocycles. The van der Waals surface area contributed by atoms with Gasteiger partial charge in [0.05, 0.1) is 28.6 Å². The van der Waals surface area contributed by atoms with Crippen LogP contribution in [0.15, 0.2) is 42.5 Å². The first kappa shape index (κ1) is 29.7. The lowest BCUT2D eigenvalue weighted by atomic mass is 10.1. The number of ether oxygens (including phenoxy) is 1. The molecule has 2 aromatic rings. The zero-order valence-corrected chi connectivity index (χ0v) is 23.3. The van der Waals surface area contributed by atoms with E-state index >= 15 is 0 Å². The Morgan fingerprint density at radius 1 is 1.06 bits per heavy atom. The highest BCUT2D eigenvalue weighted by Gasteiger charge is 2.32. The standard InChI is InChI=1S/C25H33Cl2N3O5S/c1-5-14-28-25(32)21(6-2)29(16-18-12-13-19(26)20(27)15-18)24(31)17-30(36(4,33)34)22-10-8-9-11-23(22)35-7-3/h8-13,15,21H,5-7,14,16-17H2,1-4H3,(H,28,32)/t21-/m0/s1. The summed E-state index contributed by atoms with van der Waals surface area (Å²) < 4.78 is 32.2. The molecule has 2 rings (SSSR count). The van der Waals surface area contributed by atoms with Gasteiger partial charge in [-0.25, -0.2) is 8.42 Å². The van der Waals surface area contributed by atoms with Crippen LogP contribution in [-0.4, -0.2) is 57.1 Å².